The lowest BCUT2D eigenvalue weighted by atomic mass is 9.74. The van der Waals surface area contributed by atoms with Gasteiger partial charge in [0.2, 0.25) is 0 Å². The second kappa shape index (κ2) is 17.2. The molecule has 0 unspecified atom stereocenters. The van der Waals surface area contributed by atoms with Crippen LogP contribution in [0.1, 0.15) is 66.9 Å². The van der Waals surface area contributed by atoms with E-state index in [2.05, 4.69) is 59.0 Å². The van der Waals surface area contributed by atoms with E-state index in [1.165, 1.54) is 5.56 Å². The molecular weight excluding hydrogens is 636 g/mol. The molecule has 0 bridgehead atoms. The lowest BCUT2D eigenvalue weighted by Gasteiger charge is -2.47. The summed E-state index contributed by atoms with van der Waals surface area (Å²) >= 11 is 0. The SMILES string of the molecule is CO[C@]1(C)C[C@@H](C)CN(C)[C@@H](CN2CCN(Cc3ccccc3)CC2)[C@H](C)OC(=O)C(C)(C)C(=O)[C@H](C)[C@H]1O[C@@H]1O[C@H](C)C[C@H](N(C)C)[C@H]1O. The van der Waals surface area contributed by atoms with Gasteiger partial charge in [-0.1, -0.05) is 44.2 Å². The van der Waals surface area contributed by atoms with Crippen molar-refractivity contribution in [2.75, 3.05) is 67.5 Å². The number of ketones is 1. The molecule has 1 aromatic carbocycles. The highest BCUT2D eigenvalue weighted by molar-refractivity contribution is 6.04. The number of rotatable bonds is 8. The number of carbonyl (C=O) groups is 2. The van der Waals surface area contributed by atoms with Crippen molar-refractivity contribution in [3.05, 3.63) is 35.9 Å². The van der Waals surface area contributed by atoms with Crippen LogP contribution in [0.2, 0.25) is 0 Å². The average molecular weight is 703 g/mol. The molecule has 0 aliphatic carbocycles. The zero-order chi connectivity index (χ0) is 37.0. The molecule has 0 amide bonds. The number of ether oxygens (including phenoxy) is 4. The molecule has 0 radical (unpaired) electrons. The fourth-order valence-electron chi connectivity index (χ4n) is 8.37. The van der Waals surface area contributed by atoms with E-state index in [0.717, 1.165) is 45.8 Å². The zero-order valence-electron chi connectivity index (χ0n) is 32.6. The summed E-state index contributed by atoms with van der Waals surface area (Å²) in [5.41, 5.74) is -1.06. The maximum Gasteiger partial charge on any atom is 0.319 e. The van der Waals surface area contributed by atoms with E-state index in [1.54, 1.807) is 27.9 Å². The predicted octanol–water partition coefficient (Wildman–Crippen LogP) is 3.52. The van der Waals surface area contributed by atoms with Gasteiger partial charge in [-0.15, -0.1) is 0 Å². The number of methoxy groups -OCH3 is 1. The summed E-state index contributed by atoms with van der Waals surface area (Å²) in [7, 11) is 7.61. The monoisotopic (exact) mass is 702 g/mol. The maximum absolute atomic E-state index is 14.4. The van der Waals surface area contributed by atoms with Gasteiger partial charge >= 0.3 is 5.97 Å². The first-order valence-corrected chi connectivity index (χ1v) is 18.6. The fourth-order valence-corrected chi connectivity index (χ4v) is 8.37. The number of benzene rings is 1. The summed E-state index contributed by atoms with van der Waals surface area (Å²) in [5, 5.41) is 11.4. The van der Waals surface area contributed by atoms with Crippen molar-refractivity contribution < 1.29 is 33.6 Å². The molecule has 11 heteroatoms. The smallest absolute Gasteiger partial charge is 0.319 e. The summed E-state index contributed by atoms with van der Waals surface area (Å²) in [6.07, 6.45) is -2.08. The van der Waals surface area contributed by atoms with Gasteiger partial charge in [-0.3, -0.25) is 24.3 Å². The van der Waals surface area contributed by atoms with Gasteiger partial charge in [0.15, 0.2) is 12.1 Å². The van der Waals surface area contributed by atoms with E-state index < -0.39 is 47.5 Å². The van der Waals surface area contributed by atoms with E-state index in [0.29, 0.717) is 12.8 Å². The van der Waals surface area contributed by atoms with Gasteiger partial charge in [-0.25, -0.2) is 0 Å². The topological polar surface area (TPSA) is 104 Å². The van der Waals surface area contributed by atoms with Gasteiger partial charge in [0, 0.05) is 64.9 Å². The highest BCUT2D eigenvalue weighted by Gasteiger charge is 2.52. The van der Waals surface area contributed by atoms with Crippen LogP contribution in [0.25, 0.3) is 0 Å². The Hall–Kier alpha value is -1.96. The van der Waals surface area contributed by atoms with E-state index in [1.807, 2.05) is 39.8 Å². The third-order valence-electron chi connectivity index (χ3n) is 11.5. The molecule has 3 saturated heterocycles. The Balaban J connectivity index is 1.57. The molecule has 1 aromatic rings. The van der Waals surface area contributed by atoms with Crippen molar-refractivity contribution in [3.8, 4) is 0 Å². The van der Waals surface area contributed by atoms with Gasteiger partial charge < -0.3 is 29.0 Å². The third-order valence-corrected chi connectivity index (χ3v) is 11.5. The normalized spacial score (nSPS) is 37.5. The van der Waals surface area contributed by atoms with E-state index in [4.69, 9.17) is 18.9 Å². The summed E-state index contributed by atoms with van der Waals surface area (Å²) in [6, 6.07) is 10.3. The van der Waals surface area contributed by atoms with Crippen LogP contribution in [-0.2, 0) is 35.1 Å². The second-order valence-corrected chi connectivity index (χ2v) is 16.4. The first-order valence-electron chi connectivity index (χ1n) is 18.6. The number of Topliss-reactive ketones (excluding diaryl/α,β-unsaturated/α-hetero) is 1. The lowest BCUT2D eigenvalue weighted by Crippen LogP contribution is -2.59. The summed E-state index contributed by atoms with van der Waals surface area (Å²) in [5.74, 6) is -1.48. The number of aliphatic hydroxyl groups excluding tert-OH is 1. The Morgan fingerprint density at radius 3 is 2.20 bits per heavy atom. The number of cyclic esters (lactones) is 1. The minimum Gasteiger partial charge on any atom is -0.460 e. The van der Waals surface area contributed by atoms with Crippen LogP contribution >= 0.6 is 0 Å². The van der Waals surface area contributed by atoms with Crippen molar-refractivity contribution in [2.45, 2.75) is 116 Å². The molecule has 4 rings (SSSR count). The molecule has 10 atom stereocenters. The molecule has 50 heavy (non-hydrogen) atoms. The van der Waals surface area contributed by atoms with Crippen molar-refractivity contribution in [3.63, 3.8) is 0 Å². The third kappa shape index (κ3) is 9.72. The van der Waals surface area contributed by atoms with Crippen molar-refractivity contribution >= 4 is 11.8 Å². The molecule has 3 heterocycles. The molecule has 3 aliphatic heterocycles. The summed E-state index contributed by atoms with van der Waals surface area (Å²) < 4.78 is 25.4. The molecule has 284 valence electrons. The number of esters is 1. The minimum absolute atomic E-state index is 0.0813. The van der Waals surface area contributed by atoms with Crippen molar-refractivity contribution in [2.24, 2.45) is 17.3 Å². The molecule has 3 aliphatic rings. The molecule has 0 saturated carbocycles. The van der Waals surface area contributed by atoms with Gasteiger partial charge in [0.25, 0.3) is 0 Å². The van der Waals surface area contributed by atoms with E-state index in [9.17, 15) is 14.7 Å². The Kier molecular flexibility index (Phi) is 14.1. The number of carbonyl (C=O) groups excluding carboxylic acids is 2. The van der Waals surface area contributed by atoms with Gasteiger partial charge in [0.05, 0.1) is 23.9 Å². The van der Waals surface area contributed by atoms with Crippen LogP contribution in [0, 0.1) is 17.3 Å². The Bertz CT molecular complexity index is 1240. The Morgan fingerprint density at radius 1 is 0.980 bits per heavy atom. The lowest BCUT2D eigenvalue weighted by molar-refractivity contribution is -0.295. The number of nitrogens with zero attached hydrogens (tertiary/aromatic N) is 4. The first-order chi connectivity index (χ1) is 23.5. The molecule has 3 fully saturated rings. The maximum atomic E-state index is 14.4. The number of hydrogen-bond donors (Lipinski definition) is 1. The molecule has 0 aromatic heterocycles. The van der Waals surface area contributed by atoms with Gasteiger partial charge in [-0.05, 0) is 80.1 Å². The Labute approximate surface area is 301 Å². The van der Waals surface area contributed by atoms with E-state index >= 15 is 0 Å². The molecule has 0 spiro atoms. The van der Waals surface area contributed by atoms with Crippen LogP contribution in [0.4, 0.5) is 0 Å². The molecular formula is C39H66N4O7. The summed E-state index contributed by atoms with van der Waals surface area (Å²) in [4.78, 5) is 37.6. The summed E-state index contributed by atoms with van der Waals surface area (Å²) in [6.45, 7) is 19.4. The van der Waals surface area contributed by atoms with Crippen molar-refractivity contribution in [1.29, 1.82) is 0 Å². The Morgan fingerprint density at radius 2 is 1.60 bits per heavy atom. The highest BCUT2D eigenvalue weighted by atomic mass is 16.7. The van der Waals surface area contributed by atoms with Crippen LogP contribution in [0.15, 0.2) is 30.3 Å². The molecule has 1 N–H and O–H groups in total. The predicted molar refractivity (Wildman–Crippen MR) is 195 cm³/mol. The van der Waals surface area contributed by atoms with Crippen LogP contribution in [-0.4, -0.2) is 152 Å². The zero-order valence-corrected chi connectivity index (χ0v) is 32.6. The highest BCUT2D eigenvalue weighted by Crippen LogP contribution is 2.38. The number of likely N-dealkylation sites (N-methyl/N-ethyl adjacent to an activating group) is 2. The molecule has 11 nitrogen and oxygen atoms in total. The van der Waals surface area contributed by atoms with Crippen LogP contribution < -0.4 is 0 Å². The van der Waals surface area contributed by atoms with Gasteiger partial charge in [0.1, 0.15) is 17.6 Å². The second-order valence-electron chi connectivity index (χ2n) is 16.4. The van der Waals surface area contributed by atoms with Gasteiger partial charge in [-0.2, -0.15) is 0 Å². The number of aliphatic hydroxyl groups is 1. The first kappa shape index (κ1) is 40.8. The van der Waals surface area contributed by atoms with E-state index in [-0.39, 0.29) is 29.9 Å². The minimum atomic E-state index is -1.44. The van der Waals surface area contributed by atoms with Crippen molar-refractivity contribution in [1.82, 2.24) is 19.6 Å². The quantitative estimate of drug-likeness (QED) is 0.318. The average Bonchev–Trinajstić information content (AvgIpc) is 3.07. The standard InChI is InChI=1S/C39H66N4O7/c1-26-22-39(7,47-11)35(50-36-33(44)31(40(8)9)21-27(2)48-36)28(3)34(45)38(5,6)37(46)49-29(4)32(41(10)23-26)25-43-19-17-42(18-20-43)24-30-15-13-12-14-16-30/h12-16,26-29,31-33,35-36,44H,17-25H2,1-11H3/t26-,27-,28+,29+,31+,32+,33-,35-,36+,39-/m1/s1. The van der Waals surface area contributed by atoms with Crippen LogP contribution in [0.3, 0.4) is 0 Å². The number of piperazine rings is 1. The number of hydrogen-bond acceptors (Lipinski definition) is 11. The largest absolute Gasteiger partial charge is 0.460 e. The van der Waals surface area contributed by atoms with Crippen LogP contribution in [0.5, 0.6) is 0 Å². The fraction of sp³-hybridized carbons (Fsp3) is 0.795.